The van der Waals surface area contributed by atoms with Gasteiger partial charge in [0.25, 0.3) is 0 Å². The van der Waals surface area contributed by atoms with Gasteiger partial charge in [0.05, 0.1) is 14.2 Å². The third-order valence-electron chi connectivity index (χ3n) is 4.50. The Bertz CT molecular complexity index is 1210. The molecule has 0 saturated heterocycles. The molecule has 0 radical (unpaired) electrons. The van der Waals surface area contributed by atoms with Crippen molar-refractivity contribution in [2.24, 2.45) is 4.99 Å². The van der Waals surface area contributed by atoms with Crippen molar-refractivity contribution in [2.45, 2.75) is 0 Å². The van der Waals surface area contributed by atoms with Crippen molar-refractivity contribution in [3.8, 4) is 34.3 Å². The van der Waals surface area contributed by atoms with E-state index in [4.69, 9.17) is 14.5 Å². The summed E-state index contributed by atoms with van der Waals surface area (Å²) in [7, 11) is 3.00. The van der Waals surface area contributed by atoms with E-state index in [2.05, 4.69) is 4.99 Å². The number of fused-ring (bicyclic) bond motifs is 1. The number of ether oxygens (including phenoxy) is 2. The molecule has 2 aromatic heterocycles. The van der Waals surface area contributed by atoms with Gasteiger partial charge in [0.1, 0.15) is 11.3 Å². The van der Waals surface area contributed by atoms with Crippen LogP contribution in [-0.2, 0) is 0 Å². The Kier molecular flexibility index (Phi) is 4.78. The fourth-order valence-corrected chi connectivity index (χ4v) is 3.04. The molecule has 2 heterocycles. The predicted octanol–water partition coefficient (Wildman–Crippen LogP) is 4.18. The molecule has 0 aliphatic carbocycles. The van der Waals surface area contributed by atoms with Gasteiger partial charge < -0.3 is 19.7 Å². The maximum atomic E-state index is 9.90. The summed E-state index contributed by atoms with van der Waals surface area (Å²) in [5, 5.41) is 19.7. The molecule has 2 aromatic carbocycles. The average Bonchev–Trinajstić information content (AvgIpc) is 3.12. The van der Waals surface area contributed by atoms with Crippen LogP contribution in [0.3, 0.4) is 0 Å². The van der Waals surface area contributed by atoms with Crippen LogP contribution >= 0.6 is 0 Å². The third kappa shape index (κ3) is 3.45. The van der Waals surface area contributed by atoms with E-state index in [1.807, 2.05) is 28.8 Å². The summed E-state index contributed by atoms with van der Waals surface area (Å²) in [6.07, 6.45) is 3.56. The molecule has 0 bridgehead atoms. The number of aliphatic imine (C=N–C) groups is 1. The molecule has 0 fully saturated rings. The van der Waals surface area contributed by atoms with Gasteiger partial charge in [-0.2, -0.15) is 0 Å². The fourth-order valence-electron chi connectivity index (χ4n) is 3.04. The first-order valence-electron chi connectivity index (χ1n) is 8.86. The number of phenols is 2. The number of hydrogen-bond donors (Lipinski definition) is 2. The number of imidazole rings is 1. The van der Waals surface area contributed by atoms with Crippen LogP contribution in [-0.4, -0.2) is 40.0 Å². The maximum absolute atomic E-state index is 9.90. The SMILES string of the molecule is COc1cc(C=Nc2c(-c3ccc(O)c(OC)c3)nc3ccccn23)ccc1O. The minimum absolute atomic E-state index is 0.0567. The highest BCUT2D eigenvalue weighted by Gasteiger charge is 2.15. The zero-order valence-corrected chi connectivity index (χ0v) is 15.9. The Morgan fingerprint density at radius 2 is 1.66 bits per heavy atom. The van der Waals surface area contributed by atoms with Crippen LogP contribution < -0.4 is 9.47 Å². The number of aromatic nitrogens is 2. The van der Waals surface area contributed by atoms with Crippen LogP contribution in [0, 0.1) is 0 Å². The lowest BCUT2D eigenvalue weighted by Gasteiger charge is -2.06. The Balaban J connectivity index is 1.84. The second-order valence-corrected chi connectivity index (χ2v) is 6.29. The van der Waals surface area contributed by atoms with Crippen LogP contribution in [0.25, 0.3) is 16.9 Å². The number of aromatic hydroxyl groups is 2. The second kappa shape index (κ2) is 7.55. The van der Waals surface area contributed by atoms with Gasteiger partial charge in [0, 0.05) is 18.0 Å². The lowest BCUT2D eigenvalue weighted by molar-refractivity contribution is 0.373. The molecule has 4 aromatic rings. The quantitative estimate of drug-likeness (QED) is 0.500. The minimum Gasteiger partial charge on any atom is -0.504 e. The summed E-state index contributed by atoms with van der Waals surface area (Å²) >= 11 is 0. The highest BCUT2D eigenvalue weighted by atomic mass is 16.5. The van der Waals surface area contributed by atoms with Crippen molar-refractivity contribution in [1.29, 1.82) is 0 Å². The molecule has 29 heavy (non-hydrogen) atoms. The molecule has 0 amide bonds. The van der Waals surface area contributed by atoms with Crippen molar-refractivity contribution < 1.29 is 19.7 Å². The van der Waals surface area contributed by atoms with Crippen molar-refractivity contribution in [3.63, 3.8) is 0 Å². The summed E-state index contributed by atoms with van der Waals surface area (Å²) in [5.41, 5.74) is 2.92. The van der Waals surface area contributed by atoms with Crippen molar-refractivity contribution >= 4 is 17.7 Å². The number of benzene rings is 2. The molecule has 0 saturated carbocycles. The van der Waals surface area contributed by atoms with E-state index < -0.39 is 0 Å². The monoisotopic (exact) mass is 389 g/mol. The number of pyridine rings is 1. The lowest BCUT2D eigenvalue weighted by atomic mass is 10.1. The summed E-state index contributed by atoms with van der Waals surface area (Å²) in [6.45, 7) is 0. The number of methoxy groups -OCH3 is 2. The van der Waals surface area contributed by atoms with Gasteiger partial charge >= 0.3 is 0 Å². The Labute approximate surface area is 167 Å². The Morgan fingerprint density at radius 3 is 2.41 bits per heavy atom. The normalized spacial score (nSPS) is 11.2. The summed E-state index contributed by atoms with van der Waals surface area (Å²) in [4.78, 5) is 9.35. The van der Waals surface area contributed by atoms with Crippen LogP contribution in [0.2, 0.25) is 0 Å². The minimum atomic E-state index is 0.0567. The first-order valence-corrected chi connectivity index (χ1v) is 8.86. The molecule has 146 valence electrons. The van der Waals surface area contributed by atoms with Gasteiger partial charge in [0.2, 0.25) is 0 Å². The largest absolute Gasteiger partial charge is 0.504 e. The van der Waals surface area contributed by atoms with E-state index >= 15 is 0 Å². The average molecular weight is 389 g/mol. The van der Waals surface area contributed by atoms with Gasteiger partial charge in [-0.25, -0.2) is 9.98 Å². The molecule has 2 N–H and O–H groups in total. The van der Waals surface area contributed by atoms with Gasteiger partial charge in [0.15, 0.2) is 28.8 Å². The second-order valence-electron chi connectivity index (χ2n) is 6.29. The number of nitrogens with zero attached hydrogens (tertiary/aromatic N) is 3. The molecule has 0 unspecified atom stereocenters. The third-order valence-corrected chi connectivity index (χ3v) is 4.50. The van der Waals surface area contributed by atoms with E-state index in [-0.39, 0.29) is 11.5 Å². The number of hydrogen-bond acceptors (Lipinski definition) is 6. The van der Waals surface area contributed by atoms with E-state index in [1.54, 1.807) is 42.6 Å². The smallest absolute Gasteiger partial charge is 0.165 e. The summed E-state index contributed by atoms with van der Waals surface area (Å²) in [5.74, 6) is 1.48. The van der Waals surface area contributed by atoms with Gasteiger partial charge in [-0.3, -0.25) is 4.40 Å². The van der Waals surface area contributed by atoms with Crippen molar-refractivity contribution in [1.82, 2.24) is 9.38 Å². The predicted molar refractivity (Wildman–Crippen MR) is 111 cm³/mol. The topological polar surface area (TPSA) is 88.6 Å². The Morgan fingerprint density at radius 1 is 0.931 bits per heavy atom. The van der Waals surface area contributed by atoms with Crippen molar-refractivity contribution in [3.05, 3.63) is 66.4 Å². The molecule has 0 spiro atoms. The lowest BCUT2D eigenvalue weighted by Crippen LogP contribution is -1.88. The van der Waals surface area contributed by atoms with Crippen LogP contribution in [0.5, 0.6) is 23.0 Å². The van der Waals surface area contributed by atoms with Crippen LogP contribution in [0.1, 0.15) is 5.56 Å². The standard InChI is InChI=1S/C22H19N3O4/c1-28-18-11-14(6-8-16(18)26)13-23-22-21(24-20-5-3-4-10-25(20)22)15-7-9-17(27)19(12-15)29-2/h3-13,26-27H,1-2H3. The van der Waals surface area contributed by atoms with Gasteiger partial charge in [-0.05, 0) is 54.1 Å². The van der Waals surface area contributed by atoms with Crippen molar-refractivity contribution in [2.75, 3.05) is 14.2 Å². The summed E-state index contributed by atoms with van der Waals surface area (Å²) < 4.78 is 12.3. The molecular formula is C22H19N3O4. The zero-order chi connectivity index (χ0) is 20.4. The highest BCUT2D eigenvalue weighted by molar-refractivity contribution is 5.86. The molecule has 7 nitrogen and oxygen atoms in total. The first-order chi connectivity index (χ1) is 14.1. The van der Waals surface area contributed by atoms with Crippen LogP contribution in [0.15, 0.2) is 65.8 Å². The number of phenolic OH excluding ortho intramolecular Hbond substituents is 2. The summed E-state index contributed by atoms with van der Waals surface area (Å²) in [6, 6.07) is 15.8. The molecule has 0 aliphatic rings. The molecule has 0 atom stereocenters. The van der Waals surface area contributed by atoms with Crippen LogP contribution in [0.4, 0.5) is 5.82 Å². The maximum Gasteiger partial charge on any atom is 0.165 e. The fraction of sp³-hybridized carbons (Fsp3) is 0.0909. The zero-order valence-electron chi connectivity index (χ0n) is 15.9. The van der Waals surface area contributed by atoms with E-state index in [1.165, 1.54) is 14.2 Å². The molecule has 0 aliphatic heterocycles. The molecular weight excluding hydrogens is 370 g/mol. The molecule has 4 rings (SSSR count). The van der Waals surface area contributed by atoms with Gasteiger partial charge in [-0.1, -0.05) is 6.07 Å². The van der Waals surface area contributed by atoms with Gasteiger partial charge in [-0.15, -0.1) is 0 Å². The van der Waals surface area contributed by atoms with E-state index in [0.29, 0.717) is 23.0 Å². The van der Waals surface area contributed by atoms with E-state index in [9.17, 15) is 10.2 Å². The highest BCUT2D eigenvalue weighted by Crippen LogP contribution is 2.36. The molecule has 7 heteroatoms. The number of rotatable bonds is 5. The Hall–Kier alpha value is -4.00. The first kappa shape index (κ1) is 18.4. The van der Waals surface area contributed by atoms with E-state index in [0.717, 1.165) is 16.8 Å².